The number of hydrogen-bond donors (Lipinski definition) is 1. The number of halogens is 1. The van der Waals surface area contributed by atoms with Gasteiger partial charge in [-0.1, -0.05) is 6.07 Å². The van der Waals surface area contributed by atoms with E-state index in [1.807, 2.05) is 17.2 Å². The van der Waals surface area contributed by atoms with Crippen molar-refractivity contribution in [3.8, 4) is 0 Å². The topological polar surface area (TPSA) is 78.4 Å². The van der Waals surface area contributed by atoms with Crippen LogP contribution < -0.4 is 5.32 Å². The number of hydrogen-bond acceptors (Lipinski definition) is 4. The number of aromatic nitrogens is 2. The lowest BCUT2D eigenvalue weighted by molar-refractivity contribution is 0.0657. The monoisotopic (exact) mass is 536 g/mol. The molecule has 166 valence electrons. The van der Waals surface area contributed by atoms with Gasteiger partial charge in [-0.15, -0.1) is 24.0 Å². The lowest BCUT2D eigenvalue weighted by Gasteiger charge is -2.36. The maximum absolute atomic E-state index is 12.4. The Bertz CT molecular complexity index is 1020. The zero-order valence-electron chi connectivity index (χ0n) is 18.0. The largest absolute Gasteiger partial charge is 0.459 e. The maximum Gasteiger partial charge on any atom is 0.289 e. The predicted molar refractivity (Wildman–Crippen MR) is 131 cm³/mol. The Kier molecular flexibility index (Phi) is 7.94. The second-order valence-corrected chi connectivity index (χ2v) is 7.40. The molecule has 3 aromatic rings. The first-order valence-electron chi connectivity index (χ1n) is 10.4. The van der Waals surface area contributed by atoms with Crippen LogP contribution in [0.15, 0.2) is 52.3 Å². The molecule has 0 spiro atoms. The van der Waals surface area contributed by atoms with E-state index in [1.54, 1.807) is 12.1 Å². The molecule has 0 saturated carbocycles. The molecule has 31 heavy (non-hydrogen) atoms. The van der Waals surface area contributed by atoms with Gasteiger partial charge in [0.2, 0.25) is 0 Å². The van der Waals surface area contributed by atoms with Crippen LogP contribution in [0.25, 0.3) is 5.65 Å². The van der Waals surface area contributed by atoms with Crippen LogP contribution in [0.4, 0.5) is 0 Å². The number of aliphatic imine (C=N–C) groups is 1. The van der Waals surface area contributed by atoms with Crippen molar-refractivity contribution < 1.29 is 9.21 Å². The molecule has 1 aliphatic heterocycles. The number of nitrogens with one attached hydrogen (secondary N) is 1. The number of carbonyl (C=O) groups is 1. The summed E-state index contributed by atoms with van der Waals surface area (Å²) in [6, 6.07) is 7.56. The maximum atomic E-state index is 12.4. The molecular formula is C22H29IN6O2. The number of rotatable bonds is 5. The summed E-state index contributed by atoms with van der Waals surface area (Å²) in [5, 5.41) is 3.37. The van der Waals surface area contributed by atoms with E-state index < -0.39 is 0 Å². The van der Waals surface area contributed by atoms with Gasteiger partial charge in [0.05, 0.1) is 12.0 Å². The van der Waals surface area contributed by atoms with E-state index >= 15 is 0 Å². The molecule has 0 atom stereocenters. The fraction of sp³-hybridized carbons (Fsp3) is 0.409. The Morgan fingerprint density at radius 2 is 1.97 bits per heavy atom. The number of furan rings is 1. The second kappa shape index (κ2) is 10.7. The van der Waals surface area contributed by atoms with Crippen molar-refractivity contribution in [1.29, 1.82) is 0 Å². The van der Waals surface area contributed by atoms with Gasteiger partial charge in [-0.2, -0.15) is 0 Å². The van der Waals surface area contributed by atoms with Crippen LogP contribution in [0.1, 0.15) is 28.7 Å². The molecule has 1 N–H and O–H groups in total. The van der Waals surface area contributed by atoms with Crippen molar-refractivity contribution in [3.63, 3.8) is 0 Å². The molecule has 0 unspecified atom stereocenters. The van der Waals surface area contributed by atoms with Crippen molar-refractivity contribution >= 4 is 41.5 Å². The standard InChI is InChI=1S/C22H28N6O2.HI/c1-3-23-22(24-9-8-18-16-28-10-4-6-17(2)20(28)25-18)27-13-11-26(12-14-27)21(29)19-7-5-15-30-19;/h4-7,10,15-16H,3,8-9,11-14H2,1-2H3,(H,23,24);1H. The van der Waals surface area contributed by atoms with Crippen LogP contribution in [-0.2, 0) is 6.42 Å². The first-order valence-corrected chi connectivity index (χ1v) is 10.4. The zero-order valence-corrected chi connectivity index (χ0v) is 20.3. The smallest absolute Gasteiger partial charge is 0.289 e. The van der Waals surface area contributed by atoms with Crippen molar-refractivity contribution in [1.82, 2.24) is 24.5 Å². The third-order valence-electron chi connectivity index (χ3n) is 5.29. The molecule has 0 aromatic carbocycles. The van der Waals surface area contributed by atoms with Gasteiger partial charge in [0, 0.05) is 58.1 Å². The van der Waals surface area contributed by atoms with Gasteiger partial charge in [0.25, 0.3) is 5.91 Å². The Hall–Kier alpha value is -2.56. The van der Waals surface area contributed by atoms with E-state index in [-0.39, 0.29) is 29.9 Å². The number of guanidine groups is 1. The number of nitrogens with zero attached hydrogens (tertiary/aromatic N) is 5. The highest BCUT2D eigenvalue weighted by atomic mass is 127. The number of pyridine rings is 1. The van der Waals surface area contributed by atoms with Gasteiger partial charge < -0.3 is 23.9 Å². The number of aryl methyl sites for hydroxylation is 1. The van der Waals surface area contributed by atoms with Gasteiger partial charge >= 0.3 is 0 Å². The number of amides is 1. The lowest BCUT2D eigenvalue weighted by atomic mass is 10.3. The van der Waals surface area contributed by atoms with E-state index in [1.165, 1.54) is 11.8 Å². The van der Waals surface area contributed by atoms with Gasteiger partial charge in [-0.25, -0.2) is 4.98 Å². The summed E-state index contributed by atoms with van der Waals surface area (Å²) in [6.07, 6.45) is 6.41. The average molecular weight is 536 g/mol. The molecule has 0 aliphatic carbocycles. The number of imidazole rings is 1. The highest BCUT2D eigenvalue weighted by Gasteiger charge is 2.25. The molecule has 1 aliphatic rings. The summed E-state index contributed by atoms with van der Waals surface area (Å²) in [4.78, 5) is 26.0. The Morgan fingerprint density at radius 1 is 1.19 bits per heavy atom. The van der Waals surface area contributed by atoms with Gasteiger partial charge in [-0.3, -0.25) is 9.79 Å². The molecule has 0 radical (unpaired) electrons. The van der Waals surface area contributed by atoms with Crippen LogP contribution in [0.3, 0.4) is 0 Å². The molecule has 1 amide bonds. The number of fused-ring (bicyclic) bond motifs is 1. The predicted octanol–water partition coefficient (Wildman–Crippen LogP) is 2.82. The molecule has 4 rings (SSSR count). The highest BCUT2D eigenvalue weighted by molar-refractivity contribution is 14.0. The Morgan fingerprint density at radius 3 is 2.65 bits per heavy atom. The van der Waals surface area contributed by atoms with E-state index in [0.717, 1.165) is 43.4 Å². The minimum absolute atomic E-state index is 0. The third kappa shape index (κ3) is 5.38. The first-order chi connectivity index (χ1) is 14.7. The van der Waals surface area contributed by atoms with Crippen LogP contribution in [-0.4, -0.2) is 70.3 Å². The second-order valence-electron chi connectivity index (χ2n) is 7.40. The van der Waals surface area contributed by atoms with Crippen LogP contribution in [0.2, 0.25) is 0 Å². The Labute approximate surface area is 199 Å². The number of piperazine rings is 1. The van der Waals surface area contributed by atoms with Crippen molar-refractivity contribution in [3.05, 3.63) is 59.9 Å². The van der Waals surface area contributed by atoms with E-state index in [9.17, 15) is 4.79 Å². The molecule has 1 fully saturated rings. The van der Waals surface area contributed by atoms with Crippen LogP contribution in [0, 0.1) is 6.92 Å². The molecule has 8 nitrogen and oxygen atoms in total. The highest BCUT2D eigenvalue weighted by Crippen LogP contribution is 2.11. The summed E-state index contributed by atoms with van der Waals surface area (Å²) in [5.41, 5.74) is 3.21. The fourth-order valence-electron chi connectivity index (χ4n) is 3.70. The van der Waals surface area contributed by atoms with Crippen molar-refractivity contribution in [2.45, 2.75) is 20.3 Å². The van der Waals surface area contributed by atoms with E-state index in [4.69, 9.17) is 14.4 Å². The van der Waals surface area contributed by atoms with E-state index in [2.05, 4.69) is 40.7 Å². The minimum atomic E-state index is -0.0521. The summed E-state index contributed by atoms with van der Waals surface area (Å²) in [6.45, 7) is 8.39. The van der Waals surface area contributed by atoms with Crippen molar-refractivity contribution in [2.75, 3.05) is 39.3 Å². The summed E-state index contributed by atoms with van der Waals surface area (Å²) in [7, 11) is 0. The summed E-state index contributed by atoms with van der Waals surface area (Å²) >= 11 is 0. The molecule has 9 heteroatoms. The third-order valence-corrected chi connectivity index (χ3v) is 5.29. The molecule has 3 aromatic heterocycles. The van der Waals surface area contributed by atoms with Gasteiger partial charge in [0.1, 0.15) is 5.65 Å². The number of carbonyl (C=O) groups excluding carboxylic acids is 1. The normalized spacial score (nSPS) is 14.6. The van der Waals surface area contributed by atoms with Gasteiger partial charge in [-0.05, 0) is 37.6 Å². The van der Waals surface area contributed by atoms with Gasteiger partial charge in [0.15, 0.2) is 11.7 Å². The molecule has 4 heterocycles. The first kappa shape index (κ1) is 23.1. The SMILES string of the molecule is CCNC(=NCCc1cn2cccc(C)c2n1)N1CCN(C(=O)c2ccco2)CC1.I. The Balaban J connectivity index is 0.00000272. The minimum Gasteiger partial charge on any atom is -0.459 e. The molecular weight excluding hydrogens is 507 g/mol. The summed E-state index contributed by atoms with van der Waals surface area (Å²) in [5.74, 6) is 1.23. The van der Waals surface area contributed by atoms with Crippen LogP contribution >= 0.6 is 24.0 Å². The average Bonchev–Trinajstić information content (AvgIpc) is 3.43. The van der Waals surface area contributed by atoms with Crippen LogP contribution in [0.5, 0.6) is 0 Å². The fourth-order valence-corrected chi connectivity index (χ4v) is 3.70. The molecule has 1 saturated heterocycles. The lowest BCUT2D eigenvalue weighted by Crippen LogP contribution is -2.53. The van der Waals surface area contributed by atoms with E-state index in [0.29, 0.717) is 25.4 Å². The zero-order chi connectivity index (χ0) is 20.9. The quantitative estimate of drug-likeness (QED) is 0.309. The molecule has 0 bridgehead atoms. The summed E-state index contributed by atoms with van der Waals surface area (Å²) < 4.78 is 7.30. The van der Waals surface area contributed by atoms with Crippen molar-refractivity contribution in [2.24, 2.45) is 4.99 Å².